The van der Waals surface area contributed by atoms with E-state index < -0.39 is 16.9 Å². The van der Waals surface area contributed by atoms with Gasteiger partial charge in [-0.1, -0.05) is 42.6 Å². The molecule has 1 radical (unpaired) electrons. The summed E-state index contributed by atoms with van der Waals surface area (Å²) in [5.41, 5.74) is 4.59. The van der Waals surface area contributed by atoms with Crippen molar-refractivity contribution in [2.45, 2.75) is 26.2 Å². The Morgan fingerprint density at radius 1 is 1.55 bits per heavy atom. The second kappa shape index (κ2) is 4.15. The molecule has 0 nitrogen and oxygen atoms in total. The maximum atomic E-state index is 5.73. The first-order valence-electron chi connectivity index (χ1n) is 3.55. The van der Waals surface area contributed by atoms with Crippen LogP contribution in [0.2, 0.25) is 26.2 Å². The second-order valence-electron chi connectivity index (χ2n) is 3.29. The van der Waals surface area contributed by atoms with E-state index in [1.54, 1.807) is 5.54 Å². The Hall–Kier alpha value is 0.0238. The first kappa shape index (κ1) is 11.0. The van der Waals surface area contributed by atoms with Gasteiger partial charge >= 0.3 is 0 Å². The molecule has 0 aliphatic heterocycles. The van der Waals surface area contributed by atoms with Gasteiger partial charge in [0.2, 0.25) is 0 Å². The minimum absolute atomic E-state index is 0.445. The van der Waals surface area contributed by atoms with Crippen LogP contribution in [-0.2, 0) is 0 Å². The van der Waals surface area contributed by atoms with Gasteiger partial charge in [-0.3, -0.25) is 0 Å². The Labute approximate surface area is 77.3 Å². The maximum Gasteiger partial charge on any atom is 0.155 e. The van der Waals surface area contributed by atoms with E-state index in [0.717, 1.165) is 0 Å². The maximum absolute atomic E-state index is 5.73. The summed E-state index contributed by atoms with van der Waals surface area (Å²) in [7, 11) is -2.01. The summed E-state index contributed by atoms with van der Waals surface area (Å²) < 4.78 is 0. The van der Waals surface area contributed by atoms with Crippen molar-refractivity contribution in [2.24, 2.45) is 0 Å². The molecule has 0 aromatic carbocycles. The Morgan fingerprint density at radius 3 is 2.09 bits per heavy atom. The van der Waals surface area contributed by atoms with Crippen LogP contribution >= 0.6 is 11.6 Å². The monoisotopic (exact) mass is 201 g/mol. The average molecular weight is 202 g/mol. The van der Waals surface area contributed by atoms with Gasteiger partial charge in [0.1, 0.15) is 0 Å². The van der Waals surface area contributed by atoms with E-state index in [9.17, 15) is 0 Å². The highest BCUT2D eigenvalue weighted by Gasteiger charge is 2.25. The molecule has 11 heavy (non-hydrogen) atoms. The molecule has 0 atom stereocenters. The van der Waals surface area contributed by atoms with Crippen LogP contribution in [0.4, 0.5) is 0 Å². The lowest BCUT2D eigenvalue weighted by molar-refractivity contribution is 1.79. The highest BCUT2D eigenvalue weighted by atomic mass is 35.5. The fraction of sp³-hybridized carbons (Fsp3) is 0.500. The van der Waals surface area contributed by atoms with Crippen LogP contribution in [0.25, 0.3) is 0 Å². The van der Waals surface area contributed by atoms with Crippen molar-refractivity contribution in [2.75, 3.05) is 0 Å². The zero-order chi connectivity index (χ0) is 9.07. The van der Waals surface area contributed by atoms with Crippen molar-refractivity contribution in [3.8, 4) is 12.0 Å². The minimum atomic E-state index is -1.57. The molecule has 0 N–H and O–H groups in total. The second-order valence-corrected chi connectivity index (χ2v) is 10.6. The number of rotatable bonds is 2. The first-order valence-corrected chi connectivity index (χ1v) is 9.48. The zero-order valence-electron chi connectivity index (χ0n) is 7.53. The zero-order valence-corrected chi connectivity index (χ0v) is 10.3. The van der Waals surface area contributed by atoms with Gasteiger partial charge in [-0.15, -0.1) is 12.0 Å². The van der Waals surface area contributed by atoms with Crippen LogP contribution in [0.1, 0.15) is 0 Å². The molecule has 0 aromatic heterocycles. The summed E-state index contributed by atoms with van der Waals surface area (Å²) in [4.78, 5) is 1.35. The van der Waals surface area contributed by atoms with Gasteiger partial charge in [0.15, 0.2) is 8.07 Å². The van der Waals surface area contributed by atoms with Crippen molar-refractivity contribution in [3.05, 3.63) is 10.4 Å². The standard InChI is InChI=1S/C8H14ClSi2/c1-6-11(4,5)8(7-9)10(2)3/h1,7H,2-5H3/b8-7+. The third-order valence-electron chi connectivity index (χ3n) is 1.68. The Kier molecular flexibility index (Phi) is 4.16. The van der Waals surface area contributed by atoms with Crippen LogP contribution < -0.4 is 0 Å². The van der Waals surface area contributed by atoms with Crippen molar-refractivity contribution in [1.82, 2.24) is 0 Å². The molecule has 0 aliphatic rings. The molecule has 0 aliphatic carbocycles. The van der Waals surface area contributed by atoms with E-state index in [-0.39, 0.29) is 0 Å². The van der Waals surface area contributed by atoms with E-state index in [1.807, 2.05) is 0 Å². The molecule has 0 amide bonds. The van der Waals surface area contributed by atoms with Gasteiger partial charge in [0.05, 0.1) is 8.80 Å². The predicted molar refractivity (Wildman–Crippen MR) is 57.7 cm³/mol. The lowest BCUT2D eigenvalue weighted by atomic mass is 11.2. The van der Waals surface area contributed by atoms with Crippen LogP contribution in [0.5, 0.6) is 0 Å². The van der Waals surface area contributed by atoms with Crippen molar-refractivity contribution in [3.63, 3.8) is 0 Å². The van der Waals surface area contributed by atoms with Crippen LogP contribution in [-0.4, -0.2) is 16.9 Å². The molecule has 0 aromatic rings. The number of hydrogen-bond donors (Lipinski definition) is 0. The molecule has 0 fully saturated rings. The van der Waals surface area contributed by atoms with E-state index in [2.05, 4.69) is 31.7 Å². The van der Waals surface area contributed by atoms with Crippen LogP contribution in [0.15, 0.2) is 10.4 Å². The summed E-state index contributed by atoms with van der Waals surface area (Å²) in [6.45, 7) is 8.79. The summed E-state index contributed by atoms with van der Waals surface area (Å²) in [6.07, 6.45) is 5.45. The molecule has 61 valence electrons. The Balaban J connectivity index is 4.70. The normalized spacial score (nSPS) is 13.4. The van der Waals surface area contributed by atoms with Gasteiger partial charge in [-0.05, 0) is 5.54 Å². The third kappa shape index (κ3) is 2.86. The van der Waals surface area contributed by atoms with Gasteiger partial charge in [0, 0.05) is 0 Å². The summed E-state index contributed by atoms with van der Waals surface area (Å²) in [6, 6.07) is 0. The first-order chi connectivity index (χ1) is 4.95. The molecule has 0 rings (SSSR count). The average Bonchev–Trinajstić information content (AvgIpc) is 1.88. The summed E-state index contributed by atoms with van der Waals surface area (Å²) in [5.74, 6) is 0. The molecule has 0 unspecified atom stereocenters. The summed E-state index contributed by atoms with van der Waals surface area (Å²) in [5, 5.41) is 0. The van der Waals surface area contributed by atoms with Crippen LogP contribution in [0, 0.1) is 12.0 Å². The highest BCUT2D eigenvalue weighted by Crippen LogP contribution is 2.17. The molecule has 0 bridgehead atoms. The topological polar surface area (TPSA) is 0 Å². The molecule has 0 saturated heterocycles. The predicted octanol–water partition coefficient (Wildman–Crippen LogP) is 2.82. The van der Waals surface area contributed by atoms with Crippen molar-refractivity contribution >= 4 is 28.5 Å². The van der Waals surface area contributed by atoms with Gasteiger partial charge < -0.3 is 0 Å². The van der Waals surface area contributed by atoms with E-state index >= 15 is 0 Å². The smallest absolute Gasteiger partial charge is 0.130 e. The Bertz CT molecular complexity index is 199. The highest BCUT2D eigenvalue weighted by molar-refractivity contribution is 7.03. The summed E-state index contributed by atoms with van der Waals surface area (Å²) >= 11 is 5.73. The van der Waals surface area contributed by atoms with Crippen molar-refractivity contribution in [1.29, 1.82) is 0 Å². The van der Waals surface area contributed by atoms with Gasteiger partial charge in [-0.2, -0.15) is 0 Å². The molecular weight excluding hydrogens is 188 g/mol. The lowest BCUT2D eigenvalue weighted by Crippen LogP contribution is -2.33. The quantitative estimate of drug-likeness (QED) is 0.476. The van der Waals surface area contributed by atoms with E-state index in [4.69, 9.17) is 18.0 Å². The van der Waals surface area contributed by atoms with Crippen LogP contribution in [0.3, 0.4) is 0 Å². The number of halogens is 1. The number of hydrogen-bond acceptors (Lipinski definition) is 0. The molecule has 0 heterocycles. The van der Waals surface area contributed by atoms with E-state index in [1.165, 1.54) is 4.82 Å². The Morgan fingerprint density at radius 2 is 2.00 bits per heavy atom. The van der Waals surface area contributed by atoms with E-state index in [0.29, 0.717) is 0 Å². The minimum Gasteiger partial charge on any atom is -0.130 e. The number of terminal acetylenes is 1. The van der Waals surface area contributed by atoms with Crippen molar-refractivity contribution < 1.29 is 0 Å². The van der Waals surface area contributed by atoms with Gasteiger partial charge in [-0.25, -0.2) is 0 Å². The SMILES string of the molecule is C#C[Si](C)(C)/C(=C/Cl)[Si](C)C. The lowest BCUT2D eigenvalue weighted by Gasteiger charge is -2.20. The molecule has 0 saturated carbocycles. The molecule has 3 heteroatoms. The largest absolute Gasteiger partial charge is 0.155 e. The fourth-order valence-electron chi connectivity index (χ4n) is 0.948. The fourth-order valence-corrected chi connectivity index (χ4v) is 8.28. The molecular formula is C8H14ClSi2. The van der Waals surface area contributed by atoms with Gasteiger partial charge in [0.25, 0.3) is 0 Å². The molecule has 0 spiro atoms. The third-order valence-corrected chi connectivity index (χ3v) is 9.08.